The number of carbonyl (C=O) groups excluding carboxylic acids is 1. The SMILES string of the molecule is CC[C@@H](Nc1cc(F)c(C(=O)N[C@@H](Cc2ccc(-c3cn(C)c(=O)cc3C(F)(F)F)c3ncccc23)C(=O)O)c(F)c1)C(F)(F)F. The summed E-state index contributed by atoms with van der Waals surface area (Å²) < 4.78 is 111. The first kappa shape index (κ1) is 33.9. The number of carbonyl (C=O) groups is 2. The first-order valence-corrected chi connectivity index (χ1v) is 13.4. The number of hydrogen-bond acceptors (Lipinski definition) is 5. The molecule has 0 radical (unpaired) electrons. The number of aryl methyl sites for hydroxylation is 1. The van der Waals surface area contributed by atoms with Crippen molar-refractivity contribution in [2.24, 2.45) is 7.05 Å². The van der Waals surface area contributed by atoms with Gasteiger partial charge in [-0.05, 0) is 30.2 Å². The molecule has 0 aliphatic rings. The predicted octanol–water partition coefficient (Wildman–Crippen LogP) is 6.08. The van der Waals surface area contributed by atoms with Crippen molar-refractivity contribution >= 4 is 28.5 Å². The molecule has 4 aromatic rings. The standard InChI is InChI=1S/C30H24F8N4O4/c1-3-23(30(36,37)38)40-15-10-20(31)25(21(32)11-15)27(44)41-22(28(45)46)9-14-6-7-17(26-16(14)5-4-8-39-26)18-13-42(2)24(43)12-19(18)29(33,34)35/h4-8,10-13,22-23,40H,3,9H2,1-2H3,(H,41,44)(H,45,46)/t22-,23+/m0/s1. The highest BCUT2D eigenvalue weighted by Crippen LogP contribution is 2.39. The summed E-state index contributed by atoms with van der Waals surface area (Å²) in [6, 6.07) is 2.80. The van der Waals surface area contributed by atoms with E-state index >= 15 is 0 Å². The average Bonchev–Trinajstić information content (AvgIpc) is 2.95. The lowest BCUT2D eigenvalue weighted by atomic mass is 9.93. The van der Waals surface area contributed by atoms with E-state index in [9.17, 15) is 54.6 Å². The van der Waals surface area contributed by atoms with Crippen molar-refractivity contribution in [2.45, 2.75) is 44.2 Å². The van der Waals surface area contributed by atoms with Crippen LogP contribution in [0.5, 0.6) is 0 Å². The molecule has 8 nitrogen and oxygen atoms in total. The molecular weight excluding hydrogens is 632 g/mol. The molecule has 2 heterocycles. The van der Waals surface area contributed by atoms with Crippen LogP contribution in [-0.4, -0.2) is 44.8 Å². The van der Waals surface area contributed by atoms with Crippen molar-refractivity contribution in [1.82, 2.24) is 14.9 Å². The summed E-state index contributed by atoms with van der Waals surface area (Å²) >= 11 is 0. The van der Waals surface area contributed by atoms with Gasteiger partial charge in [0.05, 0.1) is 11.1 Å². The lowest BCUT2D eigenvalue weighted by Crippen LogP contribution is -2.43. The Labute approximate surface area is 254 Å². The van der Waals surface area contributed by atoms with Crippen LogP contribution in [0.25, 0.3) is 22.0 Å². The second kappa shape index (κ2) is 12.8. The van der Waals surface area contributed by atoms with Crippen LogP contribution >= 0.6 is 0 Å². The van der Waals surface area contributed by atoms with Gasteiger partial charge < -0.3 is 20.3 Å². The van der Waals surface area contributed by atoms with Gasteiger partial charge in [0, 0.05) is 54.1 Å². The minimum absolute atomic E-state index is 0.00373. The quantitative estimate of drug-likeness (QED) is 0.189. The van der Waals surface area contributed by atoms with Gasteiger partial charge in [-0.3, -0.25) is 14.6 Å². The van der Waals surface area contributed by atoms with Crippen molar-refractivity contribution in [3.05, 3.63) is 93.5 Å². The molecule has 16 heteroatoms. The number of fused-ring (bicyclic) bond motifs is 1. The van der Waals surface area contributed by atoms with Crippen LogP contribution < -0.4 is 16.2 Å². The fraction of sp³-hybridized carbons (Fsp3) is 0.267. The van der Waals surface area contributed by atoms with E-state index < -0.39 is 83.2 Å². The minimum atomic E-state index is -4.91. The van der Waals surface area contributed by atoms with E-state index in [-0.39, 0.29) is 27.6 Å². The lowest BCUT2D eigenvalue weighted by Gasteiger charge is -2.22. The molecule has 2 aromatic carbocycles. The van der Waals surface area contributed by atoms with Crippen molar-refractivity contribution in [2.75, 3.05) is 5.32 Å². The Balaban J connectivity index is 1.68. The molecule has 4 rings (SSSR count). The lowest BCUT2D eigenvalue weighted by molar-refractivity contribution is -0.143. The smallest absolute Gasteiger partial charge is 0.417 e. The molecule has 0 aliphatic carbocycles. The van der Waals surface area contributed by atoms with Crippen molar-refractivity contribution in [1.29, 1.82) is 0 Å². The van der Waals surface area contributed by atoms with Crippen molar-refractivity contribution < 1.29 is 49.8 Å². The van der Waals surface area contributed by atoms with Crippen molar-refractivity contribution in [3.63, 3.8) is 0 Å². The number of pyridine rings is 2. The second-order valence-corrected chi connectivity index (χ2v) is 10.2. The maximum Gasteiger partial charge on any atom is 0.417 e. The topological polar surface area (TPSA) is 113 Å². The van der Waals surface area contributed by atoms with E-state index in [4.69, 9.17) is 0 Å². The Morgan fingerprint density at radius 2 is 1.65 bits per heavy atom. The van der Waals surface area contributed by atoms with Gasteiger partial charge in [0.25, 0.3) is 11.5 Å². The summed E-state index contributed by atoms with van der Waals surface area (Å²) in [5.41, 5.74) is -4.20. The third kappa shape index (κ3) is 7.10. The molecule has 3 N–H and O–H groups in total. The molecule has 0 fully saturated rings. The van der Waals surface area contributed by atoms with E-state index in [0.717, 1.165) is 10.8 Å². The zero-order chi connectivity index (χ0) is 34.1. The highest BCUT2D eigenvalue weighted by atomic mass is 19.4. The van der Waals surface area contributed by atoms with Gasteiger partial charge in [-0.25, -0.2) is 13.6 Å². The largest absolute Gasteiger partial charge is 0.480 e. The molecule has 1 amide bonds. The maximum absolute atomic E-state index is 14.8. The van der Waals surface area contributed by atoms with Gasteiger partial charge >= 0.3 is 18.3 Å². The molecule has 0 bridgehead atoms. The molecule has 2 aromatic heterocycles. The molecule has 0 saturated heterocycles. The number of anilines is 1. The van der Waals surface area contributed by atoms with E-state index in [2.05, 4.69) is 4.98 Å². The molecule has 244 valence electrons. The molecule has 46 heavy (non-hydrogen) atoms. The van der Waals surface area contributed by atoms with Gasteiger partial charge in [-0.15, -0.1) is 0 Å². The van der Waals surface area contributed by atoms with Gasteiger partial charge in [0.1, 0.15) is 29.3 Å². The number of nitrogens with zero attached hydrogens (tertiary/aromatic N) is 2. The monoisotopic (exact) mass is 656 g/mol. The normalized spacial score (nSPS) is 13.3. The third-order valence-electron chi connectivity index (χ3n) is 7.12. The first-order chi connectivity index (χ1) is 21.4. The van der Waals surface area contributed by atoms with Crippen LogP contribution in [0.3, 0.4) is 0 Å². The number of aliphatic carboxylic acids is 1. The molecule has 2 atom stereocenters. The number of carboxylic acids is 1. The summed E-state index contributed by atoms with van der Waals surface area (Å²) in [5.74, 6) is -6.27. The van der Waals surface area contributed by atoms with Crippen LogP contribution in [-0.2, 0) is 24.4 Å². The average molecular weight is 657 g/mol. The fourth-order valence-corrected chi connectivity index (χ4v) is 4.85. The molecule has 0 aliphatic heterocycles. The summed E-state index contributed by atoms with van der Waals surface area (Å²) in [5, 5.41) is 13.9. The summed E-state index contributed by atoms with van der Waals surface area (Å²) in [7, 11) is 1.26. The Morgan fingerprint density at radius 1 is 1.00 bits per heavy atom. The van der Waals surface area contributed by atoms with Crippen molar-refractivity contribution in [3.8, 4) is 11.1 Å². The second-order valence-electron chi connectivity index (χ2n) is 10.2. The number of halogens is 8. The molecule has 0 unspecified atom stereocenters. The third-order valence-corrected chi connectivity index (χ3v) is 7.12. The Morgan fingerprint density at radius 3 is 2.22 bits per heavy atom. The van der Waals surface area contributed by atoms with Gasteiger partial charge in [-0.2, -0.15) is 26.3 Å². The predicted molar refractivity (Wildman–Crippen MR) is 150 cm³/mol. The van der Waals surface area contributed by atoms with Gasteiger partial charge in [-0.1, -0.05) is 25.1 Å². The number of rotatable bonds is 9. The van der Waals surface area contributed by atoms with Crippen LogP contribution in [0.1, 0.15) is 34.8 Å². The Bertz CT molecular complexity index is 1850. The summed E-state index contributed by atoms with van der Waals surface area (Å²) in [6.45, 7) is 1.20. The highest BCUT2D eigenvalue weighted by molar-refractivity contribution is 5.99. The first-order valence-electron chi connectivity index (χ1n) is 13.4. The molecule has 0 spiro atoms. The zero-order valence-corrected chi connectivity index (χ0v) is 23.9. The van der Waals surface area contributed by atoms with E-state index in [1.54, 1.807) is 0 Å². The van der Waals surface area contributed by atoms with E-state index in [0.29, 0.717) is 18.2 Å². The molecule has 0 saturated carbocycles. The number of aromatic nitrogens is 2. The summed E-state index contributed by atoms with van der Waals surface area (Å²) in [4.78, 5) is 41.1. The Kier molecular flexibility index (Phi) is 9.40. The van der Waals surface area contributed by atoms with E-state index in [1.807, 2.05) is 10.6 Å². The number of alkyl halides is 6. The van der Waals surface area contributed by atoms with Gasteiger partial charge in [0.15, 0.2) is 0 Å². The minimum Gasteiger partial charge on any atom is -0.480 e. The fourth-order valence-electron chi connectivity index (χ4n) is 4.85. The maximum atomic E-state index is 14.8. The number of hydrogen-bond donors (Lipinski definition) is 3. The van der Waals surface area contributed by atoms with Gasteiger partial charge in [0.2, 0.25) is 0 Å². The summed E-state index contributed by atoms with van der Waals surface area (Å²) in [6.07, 6.45) is -8.35. The number of nitrogens with one attached hydrogen (secondary N) is 2. The van der Waals surface area contributed by atoms with Crippen LogP contribution in [0.15, 0.2) is 59.7 Å². The highest BCUT2D eigenvalue weighted by Gasteiger charge is 2.39. The van der Waals surface area contributed by atoms with Crippen LogP contribution in [0, 0.1) is 11.6 Å². The Hall–Kier alpha value is -5.02. The number of benzene rings is 2. The number of amides is 1. The van der Waals surface area contributed by atoms with E-state index in [1.165, 1.54) is 44.4 Å². The molecular formula is C30H24F8N4O4. The van der Waals surface area contributed by atoms with Crippen LogP contribution in [0.2, 0.25) is 0 Å². The van der Waals surface area contributed by atoms with Crippen LogP contribution in [0.4, 0.5) is 40.8 Å². The zero-order valence-electron chi connectivity index (χ0n) is 23.9. The number of carboxylic acid groups (broad SMARTS) is 1.